The van der Waals surface area contributed by atoms with Gasteiger partial charge in [-0.1, -0.05) is 0 Å². The Morgan fingerprint density at radius 3 is 2.94 bits per heavy atom. The number of hydrogen-bond donors (Lipinski definition) is 0. The van der Waals surface area contributed by atoms with E-state index in [1.807, 2.05) is 24.1 Å². The second-order valence-corrected chi connectivity index (χ2v) is 4.86. The van der Waals surface area contributed by atoms with Gasteiger partial charge in [0, 0.05) is 44.9 Å². The summed E-state index contributed by atoms with van der Waals surface area (Å²) in [6.45, 7) is 2.45. The Bertz CT molecular complexity index is 375. The van der Waals surface area contributed by atoms with Crippen LogP contribution in [0.5, 0.6) is 0 Å². The average Bonchev–Trinajstić information content (AvgIpc) is 2.90. The lowest BCUT2D eigenvalue weighted by Crippen LogP contribution is -2.32. The predicted molar refractivity (Wildman–Crippen MR) is 69.1 cm³/mol. The van der Waals surface area contributed by atoms with Crippen LogP contribution in [0.4, 0.5) is 0 Å². The van der Waals surface area contributed by atoms with E-state index in [0.29, 0.717) is 12.3 Å². The van der Waals surface area contributed by atoms with Gasteiger partial charge in [-0.05, 0) is 30.5 Å². The van der Waals surface area contributed by atoms with Crippen LogP contribution in [-0.2, 0) is 16.0 Å². The van der Waals surface area contributed by atoms with Crippen LogP contribution in [-0.4, -0.2) is 42.6 Å². The largest absolute Gasteiger partial charge is 0.381 e. The van der Waals surface area contributed by atoms with Gasteiger partial charge in [0.1, 0.15) is 0 Å². The highest BCUT2D eigenvalue weighted by atomic mass is 16.5. The Morgan fingerprint density at radius 1 is 1.50 bits per heavy atom. The SMILES string of the molecule is CN(C[C@@H]1CCOC1)C(=O)CCc1ccncc1. The minimum absolute atomic E-state index is 0.207. The Kier molecular flexibility index (Phi) is 4.70. The number of rotatable bonds is 5. The molecule has 0 saturated carbocycles. The number of aryl methyl sites for hydroxylation is 1. The highest BCUT2D eigenvalue weighted by molar-refractivity contribution is 5.76. The second kappa shape index (κ2) is 6.50. The molecule has 18 heavy (non-hydrogen) atoms. The molecule has 4 heteroatoms. The third-order valence-electron chi connectivity index (χ3n) is 3.36. The number of aromatic nitrogens is 1. The zero-order valence-electron chi connectivity index (χ0n) is 10.8. The molecule has 1 aliphatic rings. The first kappa shape index (κ1) is 13.0. The van der Waals surface area contributed by atoms with Gasteiger partial charge in [0.2, 0.25) is 5.91 Å². The summed E-state index contributed by atoms with van der Waals surface area (Å²) < 4.78 is 5.32. The summed E-state index contributed by atoms with van der Waals surface area (Å²) in [5.74, 6) is 0.721. The van der Waals surface area contributed by atoms with Crippen molar-refractivity contribution in [3.63, 3.8) is 0 Å². The Balaban J connectivity index is 1.73. The van der Waals surface area contributed by atoms with Crippen molar-refractivity contribution in [2.75, 3.05) is 26.8 Å². The van der Waals surface area contributed by atoms with Crippen LogP contribution in [0.25, 0.3) is 0 Å². The van der Waals surface area contributed by atoms with Gasteiger partial charge in [0.15, 0.2) is 0 Å². The molecule has 0 aliphatic carbocycles. The van der Waals surface area contributed by atoms with Crippen molar-refractivity contribution >= 4 is 5.91 Å². The van der Waals surface area contributed by atoms with Gasteiger partial charge in [-0.25, -0.2) is 0 Å². The van der Waals surface area contributed by atoms with Gasteiger partial charge in [-0.15, -0.1) is 0 Å². The standard InChI is InChI=1S/C14H20N2O2/c1-16(10-13-6-9-18-11-13)14(17)3-2-12-4-7-15-8-5-12/h4-5,7-8,13H,2-3,6,9-11H2,1H3/t13-/m0/s1. The Hall–Kier alpha value is -1.42. The molecule has 4 nitrogen and oxygen atoms in total. The van der Waals surface area contributed by atoms with Crippen LogP contribution < -0.4 is 0 Å². The fourth-order valence-corrected chi connectivity index (χ4v) is 2.21. The summed E-state index contributed by atoms with van der Waals surface area (Å²) in [6.07, 6.45) is 5.95. The fraction of sp³-hybridized carbons (Fsp3) is 0.571. The van der Waals surface area contributed by atoms with E-state index in [4.69, 9.17) is 4.74 Å². The van der Waals surface area contributed by atoms with Crippen molar-refractivity contribution in [2.45, 2.75) is 19.3 Å². The van der Waals surface area contributed by atoms with Gasteiger partial charge in [-0.2, -0.15) is 0 Å². The number of ether oxygens (including phenoxy) is 1. The molecule has 1 aliphatic heterocycles. The molecule has 2 heterocycles. The minimum Gasteiger partial charge on any atom is -0.381 e. The lowest BCUT2D eigenvalue weighted by atomic mass is 10.1. The summed E-state index contributed by atoms with van der Waals surface area (Å²) in [7, 11) is 1.88. The fourth-order valence-electron chi connectivity index (χ4n) is 2.21. The van der Waals surface area contributed by atoms with E-state index < -0.39 is 0 Å². The monoisotopic (exact) mass is 248 g/mol. The molecule has 0 unspecified atom stereocenters. The maximum absolute atomic E-state index is 12.0. The van der Waals surface area contributed by atoms with Crippen molar-refractivity contribution in [2.24, 2.45) is 5.92 Å². The molecule has 0 aromatic carbocycles. The first-order chi connectivity index (χ1) is 8.75. The first-order valence-electron chi connectivity index (χ1n) is 6.46. The van der Waals surface area contributed by atoms with Crippen LogP contribution >= 0.6 is 0 Å². The number of pyridine rings is 1. The molecule has 1 aromatic heterocycles. The maximum atomic E-state index is 12.0. The van der Waals surface area contributed by atoms with Crippen LogP contribution in [0.2, 0.25) is 0 Å². The molecule has 0 bridgehead atoms. The number of nitrogens with zero attached hydrogens (tertiary/aromatic N) is 2. The molecular weight excluding hydrogens is 228 g/mol. The van der Waals surface area contributed by atoms with Crippen molar-refractivity contribution in [3.8, 4) is 0 Å². The quantitative estimate of drug-likeness (QED) is 0.793. The first-order valence-corrected chi connectivity index (χ1v) is 6.46. The number of amides is 1. The van der Waals surface area contributed by atoms with Gasteiger partial charge in [0.05, 0.1) is 6.61 Å². The van der Waals surface area contributed by atoms with Crippen LogP contribution in [0.3, 0.4) is 0 Å². The molecule has 2 rings (SSSR count). The van der Waals surface area contributed by atoms with Crippen molar-refractivity contribution in [1.82, 2.24) is 9.88 Å². The van der Waals surface area contributed by atoms with E-state index >= 15 is 0 Å². The Labute approximate surface area is 108 Å². The number of carbonyl (C=O) groups excluding carboxylic acids is 1. The van der Waals surface area contributed by atoms with E-state index in [9.17, 15) is 4.79 Å². The molecule has 1 fully saturated rings. The third kappa shape index (κ3) is 3.81. The average molecular weight is 248 g/mol. The van der Waals surface area contributed by atoms with Crippen molar-refractivity contribution < 1.29 is 9.53 Å². The van der Waals surface area contributed by atoms with Crippen LogP contribution in [0.15, 0.2) is 24.5 Å². The minimum atomic E-state index is 0.207. The third-order valence-corrected chi connectivity index (χ3v) is 3.36. The molecule has 1 saturated heterocycles. The highest BCUT2D eigenvalue weighted by Crippen LogP contribution is 2.14. The number of carbonyl (C=O) groups is 1. The van der Waals surface area contributed by atoms with Crippen molar-refractivity contribution in [3.05, 3.63) is 30.1 Å². The summed E-state index contributed by atoms with van der Waals surface area (Å²) in [4.78, 5) is 17.8. The predicted octanol–water partition coefficient (Wildman–Crippen LogP) is 1.51. The zero-order chi connectivity index (χ0) is 12.8. The van der Waals surface area contributed by atoms with E-state index in [1.54, 1.807) is 12.4 Å². The zero-order valence-corrected chi connectivity index (χ0v) is 10.8. The van der Waals surface area contributed by atoms with Gasteiger partial charge >= 0.3 is 0 Å². The Morgan fingerprint density at radius 2 is 2.28 bits per heavy atom. The molecule has 1 amide bonds. The summed E-state index contributed by atoms with van der Waals surface area (Å²) >= 11 is 0. The maximum Gasteiger partial charge on any atom is 0.222 e. The van der Waals surface area contributed by atoms with Gasteiger partial charge in [0.25, 0.3) is 0 Å². The summed E-state index contributed by atoms with van der Waals surface area (Å²) in [6, 6.07) is 3.91. The van der Waals surface area contributed by atoms with Crippen LogP contribution in [0.1, 0.15) is 18.4 Å². The number of hydrogen-bond acceptors (Lipinski definition) is 3. The topological polar surface area (TPSA) is 42.4 Å². The lowest BCUT2D eigenvalue weighted by Gasteiger charge is -2.20. The smallest absolute Gasteiger partial charge is 0.222 e. The van der Waals surface area contributed by atoms with E-state index in [2.05, 4.69) is 4.98 Å². The summed E-state index contributed by atoms with van der Waals surface area (Å²) in [5.41, 5.74) is 1.16. The molecular formula is C14H20N2O2. The molecule has 1 aromatic rings. The lowest BCUT2D eigenvalue weighted by molar-refractivity contribution is -0.130. The van der Waals surface area contributed by atoms with Crippen molar-refractivity contribution in [1.29, 1.82) is 0 Å². The van der Waals surface area contributed by atoms with E-state index in [1.165, 1.54) is 0 Å². The molecule has 0 spiro atoms. The van der Waals surface area contributed by atoms with Gasteiger partial charge in [-0.3, -0.25) is 9.78 Å². The summed E-state index contributed by atoms with van der Waals surface area (Å²) in [5, 5.41) is 0. The highest BCUT2D eigenvalue weighted by Gasteiger charge is 2.19. The molecule has 1 atom stereocenters. The van der Waals surface area contributed by atoms with E-state index in [0.717, 1.165) is 38.2 Å². The normalized spacial score (nSPS) is 18.8. The molecule has 0 radical (unpaired) electrons. The molecule has 98 valence electrons. The van der Waals surface area contributed by atoms with E-state index in [-0.39, 0.29) is 5.91 Å². The molecule has 0 N–H and O–H groups in total. The van der Waals surface area contributed by atoms with Crippen LogP contribution in [0, 0.1) is 5.92 Å². The van der Waals surface area contributed by atoms with Gasteiger partial charge < -0.3 is 9.64 Å². The second-order valence-electron chi connectivity index (χ2n) is 4.86.